The Morgan fingerprint density at radius 2 is 1.76 bits per heavy atom. The highest BCUT2D eigenvalue weighted by Crippen LogP contribution is 2.10. The van der Waals surface area contributed by atoms with Gasteiger partial charge in [-0.05, 0) is 35.4 Å². The van der Waals surface area contributed by atoms with Crippen LogP contribution in [0.2, 0.25) is 5.02 Å². The third kappa shape index (κ3) is 4.61. The highest BCUT2D eigenvalue weighted by molar-refractivity contribution is 6.30. The zero-order valence-corrected chi connectivity index (χ0v) is 11.9. The van der Waals surface area contributed by atoms with Gasteiger partial charge in [-0.15, -0.1) is 0 Å². The second-order valence-corrected chi connectivity index (χ2v) is 5.02. The summed E-state index contributed by atoms with van der Waals surface area (Å²) in [5, 5.41) is 12.3. The molecule has 2 aromatic carbocycles. The maximum atomic E-state index is 11.8. The van der Waals surface area contributed by atoms with E-state index in [-0.39, 0.29) is 17.9 Å². The molecule has 0 aromatic heterocycles. The van der Waals surface area contributed by atoms with Crippen LogP contribution in [0.3, 0.4) is 0 Å². The molecule has 108 valence electrons. The number of carbonyl (C=O) groups excluding carboxylic acids is 1. The molecule has 0 spiro atoms. The van der Waals surface area contributed by atoms with Gasteiger partial charge in [0.05, 0.1) is 12.0 Å². The fraction of sp³-hybridized carbons (Fsp3) is 0.125. The summed E-state index contributed by atoms with van der Waals surface area (Å²) in [5.41, 5.74) is 1.83. The lowest BCUT2D eigenvalue weighted by Gasteiger charge is -2.06. The molecule has 0 atom stereocenters. The SMILES string of the molecule is O=C(Cc1ccc(Cl)cc1)NCc1cccc(C(=O)O)c1. The Morgan fingerprint density at radius 1 is 1.05 bits per heavy atom. The first-order valence-corrected chi connectivity index (χ1v) is 6.76. The fourth-order valence-corrected chi connectivity index (χ4v) is 1.99. The summed E-state index contributed by atoms with van der Waals surface area (Å²) in [6, 6.07) is 13.6. The largest absolute Gasteiger partial charge is 0.478 e. The van der Waals surface area contributed by atoms with Crippen molar-refractivity contribution in [3.63, 3.8) is 0 Å². The lowest BCUT2D eigenvalue weighted by molar-refractivity contribution is -0.120. The quantitative estimate of drug-likeness (QED) is 0.892. The van der Waals surface area contributed by atoms with Gasteiger partial charge in [0.25, 0.3) is 0 Å². The Bertz CT molecular complexity index is 653. The Hall–Kier alpha value is -2.33. The third-order valence-electron chi connectivity index (χ3n) is 2.94. The van der Waals surface area contributed by atoms with E-state index < -0.39 is 5.97 Å². The Morgan fingerprint density at radius 3 is 2.43 bits per heavy atom. The van der Waals surface area contributed by atoms with Gasteiger partial charge in [-0.1, -0.05) is 35.9 Å². The lowest BCUT2D eigenvalue weighted by Crippen LogP contribution is -2.24. The van der Waals surface area contributed by atoms with Crippen LogP contribution in [0.4, 0.5) is 0 Å². The average molecular weight is 304 g/mol. The average Bonchev–Trinajstić information content (AvgIpc) is 2.48. The predicted molar refractivity (Wildman–Crippen MR) is 80.4 cm³/mol. The van der Waals surface area contributed by atoms with Crippen LogP contribution in [0.1, 0.15) is 21.5 Å². The number of halogens is 1. The van der Waals surface area contributed by atoms with Crippen LogP contribution in [0, 0.1) is 0 Å². The van der Waals surface area contributed by atoms with Crippen molar-refractivity contribution in [1.29, 1.82) is 0 Å². The molecule has 2 aromatic rings. The summed E-state index contributed by atoms with van der Waals surface area (Å²) in [4.78, 5) is 22.7. The number of amides is 1. The second-order valence-electron chi connectivity index (χ2n) is 4.59. The van der Waals surface area contributed by atoms with Crippen molar-refractivity contribution in [1.82, 2.24) is 5.32 Å². The Labute approximate surface area is 127 Å². The van der Waals surface area contributed by atoms with E-state index in [0.29, 0.717) is 11.6 Å². The van der Waals surface area contributed by atoms with Crippen molar-refractivity contribution in [3.05, 3.63) is 70.2 Å². The Balaban J connectivity index is 1.90. The highest BCUT2D eigenvalue weighted by atomic mass is 35.5. The van der Waals surface area contributed by atoms with Gasteiger partial charge < -0.3 is 10.4 Å². The van der Waals surface area contributed by atoms with E-state index in [1.807, 2.05) is 0 Å². The van der Waals surface area contributed by atoms with E-state index in [9.17, 15) is 9.59 Å². The van der Waals surface area contributed by atoms with Crippen molar-refractivity contribution in [2.24, 2.45) is 0 Å². The van der Waals surface area contributed by atoms with Gasteiger partial charge in [-0.25, -0.2) is 4.79 Å². The minimum Gasteiger partial charge on any atom is -0.478 e. The van der Waals surface area contributed by atoms with E-state index in [4.69, 9.17) is 16.7 Å². The van der Waals surface area contributed by atoms with Crippen molar-refractivity contribution in [2.45, 2.75) is 13.0 Å². The molecular formula is C16H14ClNO3. The molecule has 0 aliphatic carbocycles. The molecule has 0 saturated carbocycles. The van der Waals surface area contributed by atoms with E-state index >= 15 is 0 Å². The monoisotopic (exact) mass is 303 g/mol. The van der Waals surface area contributed by atoms with Gasteiger partial charge in [0, 0.05) is 11.6 Å². The molecular weight excluding hydrogens is 290 g/mol. The smallest absolute Gasteiger partial charge is 0.335 e. The zero-order valence-electron chi connectivity index (χ0n) is 11.2. The number of carboxylic acid groups (broad SMARTS) is 1. The number of hydrogen-bond acceptors (Lipinski definition) is 2. The van der Waals surface area contributed by atoms with Crippen molar-refractivity contribution in [3.8, 4) is 0 Å². The second kappa shape index (κ2) is 6.90. The normalized spacial score (nSPS) is 10.1. The molecule has 0 radical (unpaired) electrons. The molecule has 1 amide bonds. The predicted octanol–water partition coefficient (Wildman–Crippen LogP) is 2.90. The van der Waals surface area contributed by atoms with Crippen LogP contribution < -0.4 is 5.32 Å². The molecule has 0 saturated heterocycles. The van der Waals surface area contributed by atoms with Crippen molar-refractivity contribution >= 4 is 23.5 Å². The molecule has 0 aliphatic heterocycles. The summed E-state index contributed by atoms with van der Waals surface area (Å²) >= 11 is 5.78. The number of carbonyl (C=O) groups is 2. The number of rotatable bonds is 5. The molecule has 0 heterocycles. The summed E-state index contributed by atoms with van der Waals surface area (Å²) < 4.78 is 0. The minimum atomic E-state index is -0.982. The first-order chi connectivity index (χ1) is 10.0. The van der Waals surface area contributed by atoms with E-state index in [2.05, 4.69) is 5.32 Å². The van der Waals surface area contributed by atoms with Crippen molar-refractivity contribution in [2.75, 3.05) is 0 Å². The van der Waals surface area contributed by atoms with E-state index in [1.165, 1.54) is 6.07 Å². The van der Waals surface area contributed by atoms with Crippen molar-refractivity contribution < 1.29 is 14.7 Å². The summed E-state index contributed by atoms with van der Waals surface area (Å²) in [7, 11) is 0. The van der Waals surface area contributed by atoms with Crippen LogP contribution in [0.15, 0.2) is 48.5 Å². The first kappa shape index (κ1) is 15.1. The third-order valence-corrected chi connectivity index (χ3v) is 3.19. The molecule has 5 heteroatoms. The number of benzene rings is 2. The van der Waals surface area contributed by atoms with Crippen LogP contribution in [0.5, 0.6) is 0 Å². The molecule has 4 nitrogen and oxygen atoms in total. The number of carboxylic acids is 1. The molecule has 21 heavy (non-hydrogen) atoms. The number of nitrogens with one attached hydrogen (secondary N) is 1. The fourth-order valence-electron chi connectivity index (χ4n) is 1.87. The van der Waals surface area contributed by atoms with Crippen LogP contribution in [0.25, 0.3) is 0 Å². The van der Waals surface area contributed by atoms with Crippen LogP contribution in [-0.4, -0.2) is 17.0 Å². The van der Waals surface area contributed by atoms with E-state index in [0.717, 1.165) is 11.1 Å². The standard InChI is InChI=1S/C16H14ClNO3/c17-14-6-4-11(5-7-14)9-15(19)18-10-12-2-1-3-13(8-12)16(20)21/h1-8H,9-10H2,(H,18,19)(H,20,21). The van der Waals surface area contributed by atoms with Crippen LogP contribution in [-0.2, 0) is 17.8 Å². The molecule has 2 N–H and O–H groups in total. The molecule has 2 rings (SSSR count). The summed E-state index contributed by atoms with van der Waals surface area (Å²) in [6.45, 7) is 0.299. The highest BCUT2D eigenvalue weighted by Gasteiger charge is 2.06. The zero-order chi connectivity index (χ0) is 15.2. The van der Waals surface area contributed by atoms with Gasteiger partial charge >= 0.3 is 5.97 Å². The number of aromatic carboxylic acids is 1. The maximum absolute atomic E-state index is 11.8. The van der Waals surface area contributed by atoms with E-state index in [1.54, 1.807) is 42.5 Å². The Kier molecular flexibility index (Phi) is 4.95. The van der Waals surface area contributed by atoms with Crippen LogP contribution >= 0.6 is 11.6 Å². The van der Waals surface area contributed by atoms with Gasteiger partial charge in [-0.2, -0.15) is 0 Å². The molecule has 0 aliphatic rings. The minimum absolute atomic E-state index is 0.127. The summed E-state index contributed by atoms with van der Waals surface area (Å²) in [6.07, 6.45) is 0.260. The first-order valence-electron chi connectivity index (χ1n) is 6.38. The summed E-state index contributed by atoms with van der Waals surface area (Å²) in [5.74, 6) is -1.11. The van der Waals surface area contributed by atoms with Gasteiger partial charge in [0.2, 0.25) is 5.91 Å². The van der Waals surface area contributed by atoms with Gasteiger partial charge in [0.15, 0.2) is 0 Å². The van der Waals surface area contributed by atoms with Gasteiger partial charge in [0.1, 0.15) is 0 Å². The number of hydrogen-bond donors (Lipinski definition) is 2. The maximum Gasteiger partial charge on any atom is 0.335 e. The molecule has 0 unspecified atom stereocenters. The topological polar surface area (TPSA) is 66.4 Å². The lowest BCUT2D eigenvalue weighted by atomic mass is 10.1. The molecule has 0 fully saturated rings. The van der Waals surface area contributed by atoms with Gasteiger partial charge in [-0.3, -0.25) is 4.79 Å². The molecule has 0 bridgehead atoms.